The predicted octanol–water partition coefficient (Wildman–Crippen LogP) is 0.804. The summed E-state index contributed by atoms with van der Waals surface area (Å²) in [6.45, 7) is 4.70. The Morgan fingerprint density at radius 1 is 1.47 bits per heavy atom. The summed E-state index contributed by atoms with van der Waals surface area (Å²) in [5.74, 6) is 0.638. The van der Waals surface area contributed by atoms with Crippen molar-refractivity contribution in [1.29, 1.82) is 0 Å². The van der Waals surface area contributed by atoms with Crippen LogP contribution in [-0.4, -0.2) is 45.8 Å². The van der Waals surface area contributed by atoms with Gasteiger partial charge in [0.25, 0.3) is 0 Å². The molecule has 3 rings (SSSR count). The normalized spacial score (nSPS) is 19.7. The number of halogens is 1. The van der Waals surface area contributed by atoms with Crippen LogP contribution in [0.25, 0.3) is 11.4 Å². The fraction of sp³-hybridized carbons (Fsp3) is 0.417. The number of aromatic amines is 1. The molecule has 2 N–H and O–H groups in total. The topological polar surface area (TPSA) is 69.7 Å². The van der Waals surface area contributed by atoms with Crippen molar-refractivity contribution in [2.75, 3.05) is 24.5 Å². The van der Waals surface area contributed by atoms with Gasteiger partial charge in [-0.15, -0.1) is 5.10 Å². The summed E-state index contributed by atoms with van der Waals surface area (Å²) >= 11 is 0. The first-order chi connectivity index (χ1) is 9.24. The first kappa shape index (κ1) is 12.0. The maximum absolute atomic E-state index is 13.6. The van der Waals surface area contributed by atoms with Gasteiger partial charge in [0, 0.05) is 31.9 Å². The van der Waals surface area contributed by atoms with E-state index >= 15 is 0 Å². The van der Waals surface area contributed by atoms with Gasteiger partial charge >= 0.3 is 0 Å². The van der Waals surface area contributed by atoms with Crippen molar-refractivity contribution in [3.05, 3.63) is 24.3 Å². The average Bonchev–Trinajstić information content (AvgIpc) is 2.89. The molecule has 0 aliphatic carbocycles. The van der Waals surface area contributed by atoms with Crippen LogP contribution in [0.4, 0.5) is 10.3 Å². The number of rotatable bonds is 2. The minimum absolute atomic E-state index is 0.386. The average molecular weight is 262 g/mol. The minimum Gasteiger partial charge on any atom is -0.337 e. The number of aromatic nitrogens is 4. The molecule has 2 aromatic heterocycles. The van der Waals surface area contributed by atoms with E-state index < -0.39 is 5.82 Å². The van der Waals surface area contributed by atoms with Gasteiger partial charge < -0.3 is 10.2 Å². The highest BCUT2D eigenvalue weighted by molar-refractivity contribution is 5.56. The SMILES string of the molecule is CC1CN(c2n[nH]c(-c3ccncc3F)n2)CCN1. The molecule has 1 unspecified atom stereocenters. The standard InChI is InChI=1S/C12H15FN6/c1-8-7-19(5-4-15-8)12-16-11(17-18-12)9-2-3-14-6-10(9)13/h2-3,6,8,15H,4-5,7H2,1H3,(H,16,17,18). The molecule has 0 saturated carbocycles. The number of nitrogens with one attached hydrogen (secondary N) is 2. The van der Waals surface area contributed by atoms with Crippen LogP contribution in [-0.2, 0) is 0 Å². The summed E-state index contributed by atoms with van der Waals surface area (Å²) in [6.07, 6.45) is 2.71. The zero-order valence-electron chi connectivity index (χ0n) is 10.6. The number of pyridine rings is 1. The summed E-state index contributed by atoms with van der Waals surface area (Å²) in [4.78, 5) is 10.2. The Morgan fingerprint density at radius 2 is 2.37 bits per heavy atom. The molecule has 19 heavy (non-hydrogen) atoms. The molecule has 0 bridgehead atoms. The lowest BCUT2D eigenvalue weighted by Gasteiger charge is -2.30. The highest BCUT2D eigenvalue weighted by Crippen LogP contribution is 2.20. The van der Waals surface area contributed by atoms with Crippen LogP contribution in [0.3, 0.4) is 0 Å². The number of nitrogens with zero attached hydrogens (tertiary/aromatic N) is 4. The predicted molar refractivity (Wildman–Crippen MR) is 69.2 cm³/mol. The van der Waals surface area contributed by atoms with Crippen molar-refractivity contribution in [3.63, 3.8) is 0 Å². The van der Waals surface area contributed by atoms with Crippen LogP contribution in [0.2, 0.25) is 0 Å². The fourth-order valence-electron chi connectivity index (χ4n) is 2.20. The summed E-state index contributed by atoms with van der Waals surface area (Å²) in [5, 5.41) is 10.3. The molecule has 0 radical (unpaired) electrons. The third-order valence-electron chi connectivity index (χ3n) is 3.15. The molecular formula is C12H15FN6. The monoisotopic (exact) mass is 262 g/mol. The third-order valence-corrected chi connectivity index (χ3v) is 3.15. The molecule has 1 atom stereocenters. The van der Waals surface area contributed by atoms with E-state index in [0.717, 1.165) is 19.6 Å². The highest BCUT2D eigenvalue weighted by atomic mass is 19.1. The molecule has 100 valence electrons. The molecule has 1 fully saturated rings. The molecule has 1 aliphatic rings. The molecule has 6 nitrogen and oxygen atoms in total. The van der Waals surface area contributed by atoms with Crippen molar-refractivity contribution in [3.8, 4) is 11.4 Å². The molecule has 0 aromatic carbocycles. The van der Waals surface area contributed by atoms with Gasteiger partial charge in [-0.2, -0.15) is 4.98 Å². The smallest absolute Gasteiger partial charge is 0.245 e. The molecule has 0 amide bonds. The number of anilines is 1. The Kier molecular flexibility index (Phi) is 3.12. The quantitative estimate of drug-likeness (QED) is 0.838. The van der Waals surface area contributed by atoms with E-state index in [0.29, 0.717) is 23.4 Å². The van der Waals surface area contributed by atoms with E-state index in [1.807, 2.05) is 0 Å². The third kappa shape index (κ3) is 2.41. The van der Waals surface area contributed by atoms with Crippen molar-refractivity contribution in [2.45, 2.75) is 13.0 Å². The van der Waals surface area contributed by atoms with Gasteiger partial charge in [-0.05, 0) is 13.0 Å². The summed E-state index contributed by atoms with van der Waals surface area (Å²) in [7, 11) is 0. The Morgan fingerprint density at radius 3 is 3.16 bits per heavy atom. The number of hydrogen-bond acceptors (Lipinski definition) is 5. The van der Waals surface area contributed by atoms with Crippen LogP contribution < -0.4 is 10.2 Å². The zero-order chi connectivity index (χ0) is 13.2. The lowest BCUT2D eigenvalue weighted by molar-refractivity contribution is 0.480. The van der Waals surface area contributed by atoms with Gasteiger partial charge in [0.1, 0.15) is 0 Å². The van der Waals surface area contributed by atoms with Gasteiger partial charge in [-0.1, -0.05) is 0 Å². The van der Waals surface area contributed by atoms with Crippen LogP contribution in [0.15, 0.2) is 18.5 Å². The van der Waals surface area contributed by atoms with E-state index in [2.05, 4.69) is 37.3 Å². The zero-order valence-corrected chi connectivity index (χ0v) is 10.6. The largest absolute Gasteiger partial charge is 0.337 e. The van der Waals surface area contributed by atoms with Gasteiger partial charge in [0.15, 0.2) is 11.6 Å². The van der Waals surface area contributed by atoms with E-state index in [1.54, 1.807) is 6.07 Å². The van der Waals surface area contributed by atoms with Gasteiger partial charge in [-0.25, -0.2) is 4.39 Å². The van der Waals surface area contributed by atoms with Crippen molar-refractivity contribution in [2.24, 2.45) is 0 Å². The lowest BCUT2D eigenvalue weighted by Crippen LogP contribution is -2.49. The summed E-state index contributed by atoms with van der Waals surface area (Å²) in [5.41, 5.74) is 0.386. The van der Waals surface area contributed by atoms with E-state index in [9.17, 15) is 4.39 Å². The second kappa shape index (κ2) is 4.93. The number of piperazine rings is 1. The van der Waals surface area contributed by atoms with E-state index in [4.69, 9.17) is 0 Å². The van der Waals surface area contributed by atoms with Crippen LogP contribution in [0, 0.1) is 5.82 Å². The fourth-order valence-corrected chi connectivity index (χ4v) is 2.20. The number of H-pyrrole nitrogens is 1. The van der Waals surface area contributed by atoms with Crippen molar-refractivity contribution in [1.82, 2.24) is 25.5 Å². The molecule has 7 heteroatoms. The molecule has 3 heterocycles. The Labute approximate surface area is 110 Å². The maximum atomic E-state index is 13.6. The van der Waals surface area contributed by atoms with Crippen molar-refractivity contribution >= 4 is 5.95 Å². The van der Waals surface area contributed by atoms with E-state index in [1.165, 1.54) is 12.4 Å². The van der Waals surface area contributed by atoms with Crippen molar-refractivity contribution < 1.29 is 4.39 Å². The second-order valence-corrected chi connectivity index (χ2v) is 4.64. The highest BCUT2D eigenvalue weighted by Gasteiger charge is 2.20. The first-order valence-corrected chi connectivity index (χ1v) is 6.24. The van der Waals surface area contributed by atoms with Crippen LogP contribution in [0.5, 0.6) is 0 Å². The van der Waals surface area contributed by atoms with Crippen LogP contribution in [0.1, 0.15) is 6.92 Å². The Bertz CT molecular complexity index is 569. The molecule has 1 aliphatic heterocycles. The molecular weight excluding hydrogens is 247 g/mol. The van der Waals surface area contributed by atoms with Gasteiger partial charge in [0.05, 0.1) is 11.8 Å². The first-order valence-electron chi connectivity index (χ1n) is 6.24. The molecule has 0 spiro atoms. The van der Waals surface area contributed by atoms with Gasteiger partial charge in [0.2, 0.25) is 5.95 Å². The van der Waals surface area contributed by atoms with Crippen LogP contribution >= 0.6 is 0 Å². The molecule has 2 aromatic rings. The maximum Gasteiger partial charge on any atom is 0.245 e. The minimum atomic E-state index is -0.404. The Hall–Kier alpha value is -2.02. The summed E-state index contributed by atoms with van der Waals surface area (Å²) < 4.78 is 13.6. The second-order valence-electron chi connectivity index (χ2n) is 4.64. The van der Waals surface area contributed by atoms with Gasteiger partial charge in [-0.3, -0.25) is 10.1 Å². The lowest BCUT2D eigenvalue weighted by atomic mass is 10.2. The molecule has 1 saturated heterocycles. The number of hydrogen-bond donors (Lipinski definition) is 2. The van der Waals surface area contributed by atoms with E-state index in [-0.39, 0.29) is 0 Å². The summed E-state index contributed by atoms with van der Waals surface area (Å²) in [6, 6.07) is 1.98. The Balaban J connectivity index is 1.85.